The largest absolute Gasteiger partial charge is 0.497 e. The zero-order valence-electron chi connectivity index (χ0n) is 16.4. The third kappa shape index (κ3) is 4.35. The fourth-order valence-electron chi connectivity index (χ4n) is 2.93. The Hall–Kier alpha value is -4.01. The van der Waals surface area contributed by atoms with Gasteiger partial charge in [0.2, 0.25) is 5.91 Å². The van der Waals surface area contributed by atoms with Crippen molar-refractivity contribution in [3.8, 4) is 28.8 Å². The van der Waals surface area contributed by atoms with Gasteiger partial charge in [-0.05, 0) is 18.2 Å². The van der Waals surface area contributed by atoms with E-state index >= 15 is 0 Å². The molecule has 3 heterocycles. The van der Waals surface area contributed by atoms with Crippen molar-refractivity contribution in [2.75, 3.05) is 25.5 Å². The minimum Gasteiger partial charge on any atom is -0.497 e. The lowest BCUT2D eigenvalue weighted by molar-refractivity contribution is -0.129. The van der Waals surface area contributed by atoms with Crippen LogP contribution in [0, 0.1) is 0 Å². The molecule has 9 nitrogen and oxygen atoms in total. The highest BCUT2D eigenvalue weighted by Gasteiger charge is 2.29. The summed E-state index contributed by atoms with van der Waals surface area (Å²) in [5.74, 6) is 1.82. The molecule has 0 atom stereocenters. The molecule has 1 aliphatic heterocycles. The maximum Gasteiger partial charge on any atom is 0.321 e. The van der Waals surface area contributed by atoms with E-state index in [0.29, 0.717) is 41.7 Å². The Balaban J connectivity index is 1.40. The van der Waals surface area contributed by atoms with Crippen molar-refractivity contribution in [1.29, 1.82) is 0 Å². The molecule has 9 heteroatoms. The first-order valence-electron chi connectivity index (χ1n) is 9.29. The van der Waals surface area contributed by atoms with Crippen molar-refractivity contribution in [3.05, 3.63) is 61.7 Å². The number of anilines is 1. The van der Waals surface area contributed by atoms with Crippen LogP contribution < -0.4 is 14.8 Å². The Bertz CT molecular complexity index is 1050. The minimum absolute atomic E-state index is 0.0683. The SMILES string of the molecule is C=CC(=O)N1CC(Nc2cncc(-c3cnc(Oc4cccc(OC)c4)nc3)n2)C1. The van der Waals surface area contributed by atoms with Gasteiger partial charge in [0.05, 0.1) is 31.2 Å². The predicted octanol–water partition coefficient (Wildman–Crippen LogP) is 2.54. The van der Waals surface area contributed by atoms with Gasteiger partial charge in [0, 0.05) is 37.1 Å². The zero-order chi connectivity index (χ0) is 20.9. The van der Waals surface area contributed by atoms with Crippen LogP contribution in [0.15, 0.2) is 61.7 Å². The first-order valence-corrected chi connectivity index (χ1v) is 9.29. The number of methoxy groups -OCH3 is 1. The maximum atomic E-state index is 11.5. The van der Waals surface area contributed by atoms with Gasteiger partial charge in [-0.1, -0.05) is 12.6 Å². The van der Waals surface area contributed by atoms with Crippen LogP contribution in [0.4, 0.5) is 5.82 Å². The fourth-order valence-corrected chi connectivity index (χ4v) is 2.93. The molecule has 4 rings (SSSR count). The molecule has 1 aliphatic rings. The molecule has 0 unspecified atom stereocenters. The van der Waals surface area contributed by atoms with Gasteiger partial charge in [-0.15, -0.1) is 0 Å². The van der Waals surface area contributed by atoms with E-state index in [1.165, 1.54) is 6.08 Å². The molecule has 3 aromatic rings. The number of rotatable bonds is 7. The van der Waals surface area contributed by atoms with Crippen molar-refractivity contribution in [1.82, 2.24) is 24.8 Å². The highest BCUT2D eigenvalue weighted by atomic mass is 16.5. The summed E-state index contributed by atoms with van der Waals surface area (Å²) >= 11 is 0. The summed E-state index contributed by atoms with van der Waals surface area (Å²) in [6.45, 7) is 4.71. The number of amides is 1. The number of hydrogen-bond acceptors (Lipinski definition) is 8. The van der Waals surface area contributed by atoms with E-state index in [1.807, 2.05) is 12.1 Å². The average molecular weight is 404 g/mol. The van der Waals surface area contributed by atoms with Crippen LogP contribution in [0.3, 0.4) is 0 Å². The number of carbonyl (C=O) groups is 1. The van der Waals surface area contributed by atoms with Gasteiger partial charge in [-0.3, -0.25) is 9.78 Å². The van der Waals surface area contributed by atoms with Crippen LogP contribution >= 0.6 is 0 Å². The average Bonchev–Trinajstić information content (AvgIpc) is 2.76. The second kappa shape index (κ2) is 8.56. The Morgan fingerprint density at radius 1 is 1.20 bits per heavy atom. The summed E-state index contributed by atoms with van der Waals surface area (Å²) in [4.78, 5) is 30.5. The first-order chi connectivity index (χ1) is 14.6. The van der Waals surface area contributed by atoms with E-state index in [9.17, 15) is 4.79 Å². The Morgan fingerprint density at radius 2 is 1.97 bits per heavy atom. The number of nitrogens with one attached hydrogen (secondary N) is 1. The molecular formula is C21H20N6O3. The lowest BCUT2D eigenvalue weighted by atomic mass is 10.1. The summed E-state index contributed by atoms with van der Waals surface area (Å²) in [5.41, 5.74) is 1.34. The van der Waals surface area contributed by atoms with Gasteiger partial charge in [-0.25, -0.2) is 15.0 Å². The monoisotopic (exact) mass is 404 g/mol. The quantitative estimate of drug-likeness (QED) is 0.600. The fraction of sp³-hybridized carbons (Fsp3) is 0.190. The molecule has 1 N–H and O–H groups in total. The van der Waals surface area contributed by atoms with Crippen LogP contribution in [0.25, 0.3) is 11.3 Å². The van der Waals surface area contributed by atoms with Gasteiger partial charge < -0.3 is 19.7 Å². The molecule has 0 saturated carbocycles. The van der Waals surface area contributed by atoms with E-state index in [4.69, 9.17) is 9.47 Å². The van der Waals surface area contributed by atoms with E-state index in [1.54, 1.807) is 48.9 Å². The Labute approximate surface area is 173 Å². The second-order valence-electron chi connectivity index (χ2n) is 6.61. The van der Waals surface area contributed by atoms with Crippen molar-refractivity contribution >= 4 is 11.7 Å². The number of nitrogens with zero attached hydrogens (tertiary/aromatic N) is 5. The number of likely N-dealkylation sites (tertiary alicyclic amines) is 1. The van der Waals surface area contributed by atoms with Gasteiger partial charge in [0.15, 0.2) is 0 Å². The smallest absolute Gasteiger partial charge is 0.321 e. The topological polar surface area (TPSA) is 102 Å². The van der Waals surface area contributed by atoms with Crippen LogP contribution in [0.5, 0.6) is 17.5 Å². The van der Waals surface area contributed by atoms with Gasteiger partial charge in [-0.2, -0.15) is 0 Å². The molecule has 30 heavy (non-hydrogen) atoms. The second-order valence-corrected chi connectivity index (χ2v) is 6.61. The Morgan fingerprint density at radius 3 is 2.70 bits per heavy atom. The lowest BCUT2D eigenvalue weighted by Gasteiger charge is -2.39. The van der Waals surface area contributed by atoms with E-state index in [2.05, 4.69) is 31.8 Å². The molecule has 1 saturated heterocycles. The summed E-state index contributed by atoms with van der Waals surface area (Å²) in [7, 11) is 1.59. The minimum atomic E-state index is -0.0683. The molecular weight excluding hydrogens is 384 g/mol. The van der Waals surface area contributed by atoms with Crippen molar-refractivity contribution in [3.63, 3.8) is 0 Å². The van der Waals surface area contributed by atoms with Crippen LogP contribution in [-0.2, 0) is 4.79 Å². The number of hydrogen-bond donors (Lipinski definition) is 1. The van der Waals surface area contributed by atoms with Crippen LogP contribution in [0.2, 0.25) is 0 Å². The Kier molecular flexibility index (Phi) is 5.51. The van der Waals surface area contributed by atoms with Gasteiger partial charge in [0.25, 0.3) is 0 Å². The van der Waals surface area contributed by atoms with Crippen LogP contribution in [-0.4, -0.2) is 57.0 Å². The number of benzene rings is 1. The number of aromatic nitrogens is 4. The molecule has 0 spiro atoms. The molecule has 152 valence electrons. The van der Waals surface area contributed by atoms with Gasteiger partial charge in [0.1, 0.15) is 17.3 Å². The van der Waals surface area contributed by atoms with E-state index < -0.39 is 0 Å². The standard InChI is InChI=1S/C21H20N6O3/c1-3-20(28)27-12-15(13-27)25-19-11-22-10-18(26-19)14-8-23-21(24-9-14)30-17-6-4-5-16(7-17)29-2/h3-11,15H,1,12-13H2,2H3,(H,25,26). The predicted molar refractivity (Wildman–Crippen MR) is 110 cm³/mol. The van der Waals surface area contributed by atoms with E-state index in [-0.39, 0.29) is 18.0 Å². The third-order valence-electron chi connectivity index (χ3n) is 4.53. The summed E-state index contributed by atoms with van der Waals surface area (Å²) < 4.78 is 10.8. The van der Waals surface area contributed by atoms with Crippen molar-refractivity contribution in [2.45, 2.75) is 6.04 Å². The summed E-state index contributed by atoms with van der Waals surface area (Å²) in [5, 5.41) is 3.27. The zero-order valence-corrected chi connectivity index (χ0v) is 16.4. The highest BCUT2D eigenvalue weighted by molar-refractivity contribution is 5.87. The molecule has 0 aliphatic carbocycles. The summed E-state index contributed by atoms with van der Waals surface area (Å²) in [6, 6.07) is 7.55. The molecule has 1 aromatic carbocycles. The molecule has 1 amide bonds. The maximum absolute atomic E-state index is 11.5. The third-order valence-corrected chi connectivity index (χ3v) is 4.53. The molecule has 0 radical (unpaired) electrons. The molecule has 1 fully saturated rings. The van der Waals surface area contributed by atoms with Crippen molar-refractivity contribution < 1.29 is 14.3 Å². The van der Waals surface area contributed by atoms with Crippen LogP contribution in [0.1, 0.15) is 0 Å². The first kappa shape index (κ1) is 19.3. The highest BCUT2D eigenvalue weighted by Crippen LogP contribution is 2.24. The normalized spacial score (nSPS) is 13.3. The lowest BCUT2D eigenvalue weighted by Crippen LogP contribution is -2.56. The summed E-state index contributed by atoms with van der Waals surface area (Å²) in [6.07, 6.45) is 7.86. The van der Waals surface area contributed by atoms with Gasteiger partial charge >= 0.3 is 6.01 Å². The van der Waals surface area contributed by atoms with Crippen molar-refractivity contribution in [2.24, 2.45) is 0 Å². The molecule has 2 aromatic heterocycles. The number of ether oxygens (including phenoxy) is 2. The molecule has 0 bridgehead atoms. The number of carbonyl (C=O) groups excluding carboxylic acids is 1. The van der Waals surface area contributed by atoms with E-state index in [0.717, 1.165) is 0 Å².